The van der Waals surface area contributed by atoms with Crippen LogP contribution in [0.5, 0.6) is 0 Å². The topological polar surface area (TPSA) is 68.0 Å². The van der Waals surface area contributed by atoms with Gasteiger partial charge in [-0.3, -0.25) is 4.79 Å². The molecule has 0 spiro atoms. The van der Waals surface area contributed by atoms with E-state index in [0.29, 0.717) is 0 Å². The van der Waals surface area contributed by atoms with Crippen molar-refractivity contribution < 1.29 is 18.0 Å². The fraction of sp³-hybridized carbons (Fsp3) is 0.333. The highest BCUT2D eigenvalue weighted by Crippen LogP contribution is 2.37. The lowest BCUT2D eigenvalue weighted by Crippen LogP contribution is -2.29. The van der Waals surface area contributed by atoms with Crippen LogP contribution in [-0.2, 0) is 0 Å². The largest absolute Gasteiger partial charge is 0.447 e. The summed E-state index contributed by atoms with van der Waals surface area (Å²) in [7, 11) is 0. The smallest absolute Gasteiger partial charge is 0.351 e. The van der Waals surface area contributed by atoms with Gasteiger partial charge in [0.25, 0.3) is 5.91 Å². The number of rotatable bonds is 4. The number of nitrogens with one attached hydrogen (secondary N) is 1. The number of carbonyl (C=O) groups is 1. The number of thioether (sulfide) groups is 1. The first-order chi connectivity index (χ1) is 7.94. The minimum atomic E-state index is -4.47. The zero-order valence-electron chi connectivity index (χ0n) is 9.03. The predicted octanol–water partition coefficient (Wildman–Crippen LogP) is 1.80. The van der Waals surface area contributed by atoms with E-state index in [1.807, 2.05) is 0 Å². The maximum atomic E-state index is 12.2. The van der Waals surface area contributed by atoms with Crippen molar-refractivity contribution >= 4 is 30.1 Å². The monoisotopic (exact) mass is 301 g/mol. The Morgan fingerprint density at radius 2 is 2.17 bits per heavy atom. The molecule has 0 atom stereocenters. The molecule has 0 aliphatic carbocycles. The summed E-state index contributed by atoms with van der Waals surface area (Å²) in [4.78, 5) is 15.1. The first kappa shape index (κ1) is 17.0. The van der Waals surface area contributed by atoms with Gasteiger partial charge in [0, 0.05) is 31.0 Å². The number of amides is 1. The number of pyridine rings is 1. The van der Waals surface area contributed by atoms with Crippen LogP contribution in [0, 0.1) is 0 Å². The number of hydrogen-bond donors (Lipinski definition) is 2. The van der Waals surface area contributed by atoms with Crippen LogP contribution in [0.1, 0.15) is 10.4 Å². The summed E-state index contributed by atoms with van der Waals surface area (Å²) in [5.41, 5.74) is 0.596. The highest BCUT2D eigenvalue weighted by molar-refractivity contribution is 8.00. The van der Waals surface area contributed by atoms with Crippen LogP contribution in [0.4, 0.5) is 13.2 Å². The normalized spacial score (nSPS) is 10.7. The van der Waals surface area contributed by atoms with Gasteiger partial charge >= 0.3 is 5.51 Å². The molecular weight excluding hydrogens is 291 g/mol. The Labute approximate surface area is 112 Å². The average molecular weight is 302 g/mol. The molecule has 0 aromatic carbocycles. The van der Waals surface area contributed by atoms with Crippen LogP contribution in [0.15, 0.2) is 23.4 Å². The molecule has 1 amide bonds. The van der Waals surface area contributed by atoms with Gasteiger partial charge in [-0.05, 0) is 12.1 Å². The molecule has 0 aliphatic rings. The molecule has 4 nitrogen and oxygen atoms in total. The van der Waals surface area contributed by atoms with Crippen LogP contribution in [0.25, 0.3) is 0 Å². The first-order valence-corrected chi connectivity index (χ1v) is 5.44. The Bertz CT molecular complexity index is 403. The van der Waals surface area contributed by atoms with Gasteiger partial charge in [0.1, 0.15) is 5.03 Å². The van der Waals surface area contributed by atoms with Gasteiger partial charge < -0.3 is 11.1 Å². The second-order valence-electron chi connectivity index (χ2n) is 2.95. The SMILES string of the molecule is Cl.NCCNC(=O)c1cccnc1SC(F)(F)F. The van der Waals surface area contributed by atoms with E-state index >= 15 is 0 Å². The van der Waals surface area contributed by atoms with E-state index in [1.165, 1.54) is 18.3 Å². The second kappa shape index (κ2) is 7.45. The fourth-order valence-corrected chi connectivity index (χ4v) is 1.64. The first-order valence-electron chi connectivity index (χ1n) is 4.63. The van der Waals surface area contributed by atoms with Gasteiger partial charge in [-0.1, -0.05) is 0 Å². The average Bonchev–Trinajstić information content (AvgIpc) is 2.24. The molecular formula is C9H11ClF3N3OS. The standard InChI is InChI=1S/C9H10F3N3OS.ClH/c10-9(11,12)17-8-6(2-1-4-15-8)7(16)14-5-3-13;/h1-2,4H,3,5,13H2,(H,14,16);1H. The summed E-state index contributed by atoms with van der Waals surface area (Å²) < 4.78 is 36.6. The molecule has 1 heterocycles. The Balaban J connectivity index is 0.00000289. The number of carbonyl (C=O) groups excluding carboxylic acids is 1. The zero-order valence-corrected chi connectivity index (χ0v) is 10.7. The van der Waals surface area contributed by atoms with Crippen LogP contribution < -0.4 is 11.1 Å². The number of nitrogens with zero attached hydrogens (tertiary/aromatic N) is 1. The maximum Gasteiger partial charge on any atom is 0.447 e. The lowest BCUT2D eigenvalue weighted by Gasteiger charge is -2.09. The summed E-state index contributed by atoms with van der Waals surface area (Å²) in [5, 5.41) is 2.02. The van der Waals surface area contributed by atoms with Crippen molar-refractivity contribution in [1.29, 1.82) is 0 Å². The molecule has 102 valence electrons. The molecule has 0 aliphatic heterocycles. The summed E-state index contributed by atoms with van der Waals surface area (Å²) in [6, 6.07) is 2.69. The van der Waals surface area contributed by atoms with Crippen molar-refractivity contribution in [2.45, 2.75) is 10.5 Å². The molecule has 18 heavy (non-hydrogen) atoms. The van der Waals surface area contributed by atoms with Crippen molar-refractivity contribution in [2.24, 2.45) is 5.73 Å². The molecule has 9 heteroatoms. The predicted molar refractivity (Wildman–Crippen MR) is 64.8 cm³/mol. The van der Waals surface area contributed by atoms with Crippen LogP contribution in [-0.4, -0.2) is 29.5 Å². The summed E-state index contributed by atoms with van der Waals surface area (Å²) >= 11 is -0.414. The number of nitrogens with two attached hydrogens (primary N) is 1. The maximum absolute atomic E-state index is 12.2. The van der Waals surface area contributed by atoms with E-state index in [9.17, 15) is 18.0 Å². The van der Waals surface area contributed by atoms with E-state index in [4.69, 9.17) is 5.73 Å². The van der Waals surface area contributed by atoms with Crippen LogP contribution >= 0.6 is 24.2 Å². The van der Waals surface area contributed by atoms with Crippen molar-refractivity contribution in [3.8, 4) is 0 Å². The number of hydrogen-bond acceptors (Lipinski definition) is 4. The van der Waals surface area contributed by atoms with E-state index in [1.54, 1.807) is 0 Å². The van der Waals surface area contributed by atoms with Gasteiger partial charge in [-0.15, -0.1) is 12.4 Å². The number of aromatic nitrogens is 1. The Kier molecular flexibility index (Phi) is 7.04. The minimum Gasteiger partial charge on any atom is -0.351 e. The lowest BCUT2D eigenvalue weighted by molar-refractivity contribution is -0.0329. The van der Waals surface area contributed by atoms with Gasteiger partial charge in [0.05, 0.1) is 5.56 Å². The van der Waals surface area contributed by atoms with E-state index in [0.717, 1.165) is 0 Å². The molecule has 0 unspecified atom stereocenters. The summed E-state index contributed by atoms with van der Waals surface area (Å²) in [5.74, 6) is -0.615. The molecule has 0 fully saturated rings. The quantitative estimate of drug-likeness (QED) is 0.832. The Morgan fingerprint density at radius 3 is 2.72 bits per heavy atom. The Morgan fingerprint density at radius 1 is 1.50 bits per heavy atom. The molecule has 1 aromatic heterocycles. The lowest BCUT2D eigenvalue weighted by atomic mass is 10.2. The third-order valence-electron chi connectivity index (χ3n) is 1.66. The second-order valence-corrected chi connectivity index (χ2v) is 4.00. The van der Waals surface area contributed by atoms with Gasteiger partial charge in [0.15, 0.2) is 0 Å². The van der Waals surface area contributed by atoms with Gasteiger partial charge in [-0.2, -0.15) is 13.2 Å². The molecule has 1 aromatic rings. The van der Waals surface area contributed by atoms with Crippen molar-refractivity contribution in [3.05, 3.63) is 23.9 Å². The third kappa shape index (κ3) is 5.56. The molecule has 1 rings (SSSR count). The number of alkyl halides is 3. The van der Waals surface area contributed by atoms with E-state index in [2.05, 4.69) is 10.3 Å². The molecule has 0 saturated carbocycles. The van der Waals surface area contributed by atoms with Gasteiger partial charge in [-0.25, -0.2) is 4.98 Å². The minimum absolute atomic E-state index is 0. The Hall–Kier alpha value is -0.990. The molecule has 0 bridgehead atoms. The summed E-state index contributed by atoms with van der Waals surface area (Å²) in [6.07, 6.45) is 1.20. The van der Waals surface area contributed by atoms with Crippen LogP contribution in [0.3, 0.4) is 0 Å². The highest BCUT2D eigenvalue weighted by atomic mass is 35.5. The fourth-order valence-electron chi connectivity index (χ4n) is 1.04. The molecule has 0 saturated heterocycles. The highest BCUT2D eigenvalue weighted by Gasteiger charge is 2.32. The van der Waals surface area contributed by atoms with E-state index in [-0.39, 0.29) is 36.1 Å². The summed E-state index contributed by atoms with van der Waals surface area (Å²) in [6.45, 7) is 0.414. The van der Waals surface area contributed by atoms with Crippen molar-refractivity contribution in [3.63, 3.8) is 0 Å². The van der Waals surface area contributed by atoms with Crippen LogP contribution in [0.2, 0.25) is 0 Å². The molecule has 3 N–H and O–H groups in total. The van der Waals surface area contributed by atoms with Crippen molar-refractivity contribution in [2.75, 3.05) is 13.1 Å². The third-order valence-corrected chi connectivity index (χ3v) is 2.41. The zero-order chi connectivity index (χ0) is 12.9. The van der Waals surface area contributed by atoms with E-state index < -0.39 is 23.2 Å². The van der Waals surface area contributed by atoms with Gasteiger partial charge in [0.2, 0.25) is 0 Å². The molecule has 0 radical (unpaired) electrons. The van der Waals surface area contributed by atoms with Crippen molar-refractivity contribution in [1.82, 2.24) is 10.3 Å². The number of halogens is 4.